The number of thiazole rings is 1. The summed E-state index contributed by atoms with van der Waals surface area (Å²) in [6.45, 7) is 3.28. The maximum absolute atomic E-state index is 12.6. The number of benzene rings is 1. The molecule has 0 aliphatic carbocycles. The number of thiophene rings is 1. The maximum atomic E-state index is 12.6. The third kappa shape index (κ3) is 5.14. The number of rotatable bonds is 7. The predicted molar refractivity (Wildman–Crippen MR) is 105 cm³/mol. The molecule has 0 radical (unpaired) electrons. The normalized spacial score (nSPS) is 10.8. The van der Waals surface area contributed by atoms with E-state index in [1.165, 1.54) is 16.9 Å². The number of hydrogen-bond donors (Lipinski definition) is 0. The summed E-state index contributed by atoms with van der Waals surface area (Å²) in [5.74, 6) is 0.101. The molecule has 0 N–H and O–H groups in total. The minimum absolute atomic E-state index is 0.101. The Labute approximate surface area is 160 Å². The van der Waals surface area contributed by atoms with Crippen LogP contribution in [0.25, 0.3) is 0 Å². The van der Waals surface area contributed by atoms with Gasteiger partial charge in [0, 0.05) is 23.2 Å². The molecule has 2 heterocycles. The first-order valence-corrected chi connectivity index (χ1v) is 10.2. The first-order valence-electron chi connectivity index (χ1n) is 8.13. The van der Waals surface area contributed by atoms with Gasteiger partial charge in [0.15, 0.2) is 0 Å². The smallest absolute Gasteiger partial charge is 0.228 e. The Morgan fingerprint density at radius 3 is 2.68 bits per heavy atom. The van der Waals surface area contributed by atoms with Crippen LogP contribution >= 0.6 is 34.3 Å². The molecule has 0 aliphatic heterocycles. The first kappa shape index (κ1) is 18.1. The lowest BCUT2D eigenvalue weighted by molar-refractivity contribution is -0.130. The Morgan fingerprint density at radius 1 is 1.20 bits per heavy atom. The average molecular weight is 391 g/mol. The summed E-state index contributed by atoms with van der Waals surface area (Å²) in [7, 11) is 0. The van der Waals surface area contributed by atoms with Crippen molar-refractivity contribution < 1.29 is 4.79 Å². The van der Waals surface area contributed by atoms with E-state index in [0.717, 1.165) is 26.3 Å². The van der Waals surface area contributed by atoms with Crippen LogP contribution in [0.2, 0.25) is 4.34 Å². The molecule has 0 fully saturated rings. The SMILES string of the molecule is CCN(Cc1ccc(Cl)s1)C(=O)Cc1csc(Cc2ccccc2)n1. The summed E-state index contributed by atoms with van der Waals surface area (Å²) in [4.78, 5) is 20.2. The minimum atomic E-state index is 0.101. The van der Waals surface area contributed by atoms with Crippen molar-refractivity contribution in [2.75, 3.05) is 6.54 Å². The number of carbonyl (C=O) groups is 1. The summed E-state index contributed by atoms with van der Waals surface area (Å²) in [6, 6.07) is 14.1. The predicted octanol–water partition coefficient (Wildman–Crippen LogP) is 5.04. The van der Waals surface area contributed by atoms with Gasteiger partial charge in [0.25, 0.3) is 0 Å². The molecule has 0 bridgehead atoms. The molecule has 3 aromatic rings. The standard InChI is InChI=1S/C19H19ClN2OS2/c1-2-22(12-16-8-9-17(20)25-16)19(23)11-15-13-24-18(21-15)10-14-6-4-3-5-7-14/h3-9,13H,2,10-12H2,1H3. The van der Waals surface area contributed by atoms with Gasteiger partial charge >= 0.3 is 0 Å². The van der Waals surface area contributed by atoms with Gasteiger partial charge in [0.2, 0.25) is 5.91 Å². The van der Waals surface area contributed by atoms with Crippen molar-refractivity contribution in [3.8, 4) is 0 Å². The molecule has 2 aromatic heterocycles. The summed E-state index contributed by atoms with van der Waals surface area (Å²) in [6.07, 6.45) is 1.16. The second-order valence-electron chi connectivity index (χ2n) is 5.69. The van der Waals surface area contributed by atoms with Crippen molar-refractivity contribution in [2.24, 2.45) is 0 Å². The zero-order chi connectivity index (χ0) is 17.6. The molecule has 3 nitrogen and oxygen atoms in total. The van der Waals surface area contributed by atoms with Crippen LogP contribution in [0.5, 0.6) is 0 Å². The zero-order valence-corrected chi connectivity index (χ0v) is 16.3. The molecule has 0 spiro atoms. The van der Waals surface area contributed by atoms with E-state index in [4.69, 9.17) is 11.6 Å². The second kappa shape index (κ2) is 8.61. The van der Waals surface area contributed by atoms with Crippen LogP contribution in [0.1, 0.15) is 28.1 Å². The van der Waals surface area contributed by atoms with Crippen molar-refractivity contribution in [2.45, 2.75) is 26.3 Å². The molecular formula is C19H19ClN2OS2. The van der Waals surface area contributed by atoms with E-state index >= 15 is 0 Å². The van der Waals surface area contributed by atoms with Crippen LogP contribution in [0.3, 0.4) is 0 Å². The van der Waals surface area contributed by atoms with Crippen molar-refractivity contribution >= 4 is 40.2 Å². The summed E-state index contributed by atoms with van der Waals surface area (Å²) in [5.41, 5.74) is 2.09. The lowest BCUT2D eigenvalue weighted by Crippen LogP contribution is -2.31. The fourth-order valence-corrected chi connectivity index (χ4v) is 4.48. The molecule has 0 unspecified atom stereocenters. The monoisotopic (exact) mass is 390 g/mol. The topological polar surface area (TPSA) is 33.2 Å². The average Bonchev–Trinajstić information content (AvgIpc) is 3.22. The third-order valence-electron chi connectivity index (χ3n) is 3.84. The van der Waals surface area contributed by atoms with E-state index in [9.17, 15) is 4.79 Å². The van der Waals surface area contributed by atoms with E-state index in [1.54, 1.807) is 11.3 Å². The lowest BCUT2D eigenvalue weighted by Gasteiger charge is -2.19. The van der Waals surface area contributed by atoms with E-state index in [-0.39, 0.29) is 5.91 Å². The summed E-state index contributed by atoms with van der Waals surface area (Å²) < 4.78 is 0.753. The van der Waals surface area contributed by atoms with Crippen LogP contribution < -0.4 is 0 Å². The van der Waals surface area contributed by atoms with Crippen LogP contribution in [0.4, 0.5) is 0 Å². The molecule has 25 heavy (non-hydrogen) atoms. The van der Waals surface area contributed by atoms with Crippen LogP contribution in [-0.4, -0.2) is 22.3 Å². The highest BCUT2D eigenvalue weighted by Gasteiger charge is 2.15. The second-order valence-corrected chi connectivity index (χ2v) is 8.43. The number of carbonyl (C=O) groups excluding carboxylic acids is 1. The fraction of sp³-hybridized carbons (Fsp3) is 0.263. The quantitative estimate of drug-likeness (QED) is 0.566. The highest BCUT2D eigenvalue weighted by Crippen LogP contribution is 2.23. The molecule has 1 aromatic carbocycles. The number of halogens is 1. The van der Waals surface area contributed by atoms with E-state index in [2.05, 4.69) is 17.1 Å². The van der Waals surface area contributed by atoms with Gasteiger partial charge in [-0.15, -0.1) is 22.7 Å². The molecule has 0 atom stereocenters. The van der Waals surface area contributed by atoms with Gasteiger partial charge in [-0.05, 0) is 24.6 Å². The molecular weight excluding hydrogens is 372 g/mol. The Kier molecular flexibility index (Phi) is 6.24. The summed E-state index contributed by atoms with van der Waals surface area (Å²) >= 11 is 9.11. The maximum Gasteiger partial charge on any atom is 0.228 e. The van der Waals surface area contributed by atoms with Gasteiger partial charge in [0.1, 0.15) is 0 Å². The Balaban J connectivity index is 1.60. The van der Waals surface area contributed by atoms with Crippen molar-refractivity contribution in [1.29, 1.82) is 0 Å². The van der Waals surface area contributed by atoms with Gasteiger partial charge in [-0.3, -0.25) is 4.79 Å². The van der Waals surface area contributed by atoms with Gasteiger partial charge in [-0.1, -0.05) is 41.9 Å². The number of amides is 1. The van der Waals surface area contributed by atoms with E-state index < -0.39 is 0 Å². The number of hydrogen-bond acceptors (Lipinski definition) is 4. The highest BCUT2D eigenvalue weighted by atomic mass is 35.5. The lowest BCUT2D eigenvalue weighted by atomic mass is 10.2. The van der Waals surface area contributed by atoms with Gasteiger partial charge in [-0.25, -0.2) is 4.98 Å². The van der Waals surface area contributed by atoms with Gasteiger partial charge < -0.3 is 4.90 Å². The van der Waals surface area contributed by atoms with Crippen LogP contribution in [0.15, 0.2) is 47.8 Å². The van der Waals surface area contributed by atoms with Crippen molar-refractivity contribution in [3.05, 3.63) is 73.3 Å². The largest absolute Gasteiger partial charge is 0.337 e. The van der Waals surface area contributed by atoms with E-state index in [1.807, 2.05) is 47.5 Å². The van der Waals surface area contributed by atoms with Crippen LogP contribution in [-0.2, 0) is 24.2 Å². The number of nitrogens with zero attached hydrogens (tertiary/aromatic N) is 2. The van der Waals surface area contributed by atoms with Gasteiger partial charge in [0.05, 0.1) is 28.0 Å². The van der Waals surface area contributed by atoms with E-state index in [0.29, 0.717) is 19.5 Å². The van der Waals surface area contributed by atoms with Crippen LogP contribution in [0, 0.1) is 0 Å². The highest BCUT2D eigenvalue weighted by molar-refractivity contribution is 7.16. The number of likely N-dealkylation sites (N-methyl/N-ethyl adjacent to an activating group) is 1. The molecule has 130 valence electrons. The minimum Gasteiger partial charge on any atom is -0.337 e. The van der Waals surface area contributed by atoms with Gasteiger partial charge in [-0.2, -0.15) is 0 Å². The number of aromatic nitrogens is 1. The first-order chi connectivity index (χ1) is 12.1. The van der Waals surface area contributed by atoms with Crippen molar-refractivity contribution in [1.82, 2.24) is 9.88 Å². The molecule has 3 rings (SSSR count). The molecule has 0 aliphatic rings. The zero-order valence-electron chi connectivity index (χ0n) is 13.9. The Morgan fingerprint density at radius 2 is 2.00 bits per heavy atom. The third-order valence-corrected chi connectivity index (χ3v) is 5.95. The summed E-state index contributed by atoms with van der Waals surface area (Å²) in [5, 5.41) is 3.04. The Hall–Kier alpha value is -1.69. The molecule has 1 amide bonds. The Bertz CT molecular complexity index is 829. The molecule has 6 heteroatoms. The fourth-order valence-electron chi connectivity index (χ4n) is 2.55. The molecule has 0 saturated carbocycles. The molecule has 0 saturated heterocycles. The van der Waals surface area contributed by atoms with Crippen molar-refractivity contribution in [3.63, 3.8) is 0 Å².